The molecule has 2 aliphatic heterocycles. The van der Waals surface area contributed by atoms with Gasteiger partial charge in [0.1, 0.15) is 0 Å². The zero-order valence-electron chi connectivity index (χ0n) is 14.6. The summed E-state index contributed by atoms with van der Waals surface area (Å²) in [5, 5.41) is 2.83. The molecule has 6 nitrogen and oxygen atoms in total. The lowest BCUT2D eigenvalue weighted by Gasteiger charge is -2.30. The fraction of sp³-hybridized carbons (Fsp3) is 0.611. The Balaban J connectivity index is 1.70. The average molecular weight is 366 g/mol. The highest BCUT2D eigenvalue weighted by Crippen LogP contribution is 2.24. The lowest BCUT2D eigenvalue weighted by Crippen LogP contribution is -2.39. The summed E-state index contributed by atoms with van der Waals surface area (Å²) in [7, 11) is -3.55. The number of carbonyl (C=O) groups excluding carboxylic acids is 1. The summed E-state index contributed by atoms with van der Waals surface area (Å²) in [5.41, 5.74) is 0.365. The first-order valence-electron chi connectivity index (χ1n) is 8.97. The molecular weight excluding hydrogens is 340 g/mol. The molecule has 0 aliphatic carbocycles. The summed E-state index contributed by atoms with van der Waals surface area (Å²) in [6, 6.07) is 6.30. The summed E-state index contributed by atoms with van der Waals surface area (Å²) >= 11 is 0. The second kappa shape index (κ2) is 7.85. The van der Waals surface area contributed by atoms with Gasteiger partial charge in [0.15, 0.2) is 0 Å². The number of carbonyl (C=O) groups is 1. The number of ether oxygens (including phenoxy) is 1. The van der Waals surface area contributed by atoms with Crippen LogP contribution in [0.15, 0.2) is 29.2 Å². The van der Waals surface area contributed by atoms with Crippen molar-refractivity contribution in [1.29, 1.82) is 0 Å². The van der Waals surface area contributed by atoms with Crippen LogP contribution in [-0.4, -0.2) is 51.0 Å². The Morgan fingerprint density at radius 3 is 2.88 bits per heavy atom. The summed E-state index contributed by atoms with van der Waals surface area (Å²) in [5.74, 6) is 0.0981. The third kappa shape index (κ3) is 4.40. The first-order valence-corrected chi connectivity index (χ1v) is 10.4. The Kier molecular flexibility index (Phi) is 5.76. The quantitative estimate of drug-likeness (QED) is 0.865. The zero-order chi connectivity index (χ0) is 17.9. The van der Waals surface area contributed by atoms with E-state index in [1.54, 1.807) is 18.2 Å². The fourth-order valence-corrected chi connectivity index (χ4v) is 5.07. The van der Waals surface area contributed by atoms with Crippen molar-refractivity contribution in [2.45, 2.75) is 43.6 Å². The van der Waals surface area contributed by atoms with E-state index < -0.39 is 10.0 Å². The number of sulfonamides is 1. The Bertz CT molecular complexity index is 714. The maximum absolute atomic E-state index is 12.8. The maximum Gasteiger partial charge on any atom is 0.251 e. The van der Waals surface area contributed by atoms with Gasteiger partial charge in [-0.2, -0.15) is 4.31 Å². The molecule has 0 aromatic heterocycles. The van der Waals surface area contributed by atoms with Gasteiger partial charge in [-0.1, -0.05) is 13.0 Å². The van der Waals surface area contributed by atoms with Crippen molar-refractivity contribution in [3.05, 3.63) is 29.8 Å². The van der Waals surface area contributed by atoms with Gasteiger partial charge in [-0.15, -0.1) is 0 Å². The predicted octanol–water partition coefficient (Wildman–Crippen LogP) is 2.02. The lowest BCUT2D eigenvalue weighted by molar-refractivity contribution is 0.0857. The van der Waals surface area contributed by atoms with Crippen LogP contribution in [0.25, 0.3) is 0 Å². The minimum Gasteiger partial charge on any atom is -0.376 e. The molecule has 138 valence electrons. The highest BCUT2D eigenvalue weighted by molar-refractivity contribution is 7.89. The first-order chi connectivity index (χ1) is 12.0. The minimum absolute atomic E-state index is 0.0608. The number of nitrogens with one attached hydrogen (secondary N) is 1. The third-order valence-corrected chi connectivity index (χ3v) is 6.73. The second-order valence-electron chi connectivity index (χ2n) is 6.98. The molecule has 3 rings (SSSR count). The molecule has 1 aromatic rings. The van der Waals surface area contributed by atoms with Crippen molar-refractivity contribution in [1.82, 2.24) is 9.62 Å². The van der Waals surface area contributed by atoms with Crippen LogP contribution in [0, 0.1) is 5.92 Å². The molecule has 2 heterocycles. The molecule has 2 fully saturated rings. The Morgan fingerprint density at radius 2 is 2.16 bits per heavy atom. The molecule has 2 saturated heterocycles. The Hall–Kier alpha value is -1.44. The SMILES string of the molecule is C[C@@H]1CCCN(S(=O)(=O)c2cccc(C(=O)NC[C@@H]3CCCO3)c2)C1. The molecule has 25 heavy (non-hydrogen) atoms. The highest BCUT2D eigenvalue weighted by atomic mass is 32.2. The van der Waals surface area contributed by atoms with Gasteiger partial charge in [-0.3, -0.25) is 4.79 Å². The third-order valence-electron chi connectivity index (χ3n) is 4.87. The maximum atomic E-state index is 12.8. The standard InChI is InChI=1S/C18H26N2O4S/c1-14-5-3-9-20(13-14)25(22,23)17-8-2-6-15(11-17)18(21)19-12-16-7-4-10-24-16/h2,6,8,11,14,16H,3-5,7,9-10,12-13H2,1H3,(H,19,21)/t14-,16+/m1/s1. The van der Waals surface area contributed by atoms with Crippen molar-refractivity contribution in [2.24, 2.45) is 5.92 Å². The van der Waals surface area contributed by atoms with Gasteiger partial charge in [-0.05, 0) is 49.8 Å². The molecule has 0 unspecified atom stereocenters. The van der Waals surface area contributed by atoms with Crippen molar-refractivity contribution in [3.8, 4) is 0 Å². The number of piperidine rings is 1. The van der Waals surface area contributed by atoms with E-state index >= 15 is 0 Å². The van der Waals surface area contributed by atoms with E-state index in [1.165, 1.54) is 10.4 Å². The fourth-order valence-electron chi connectivity index (χ4n) is 3.43. The summed E-state index contributed by atoms with van der Waals surface area (Å²) in [4.78, 5) is 12.5. The molecular formula is C18H26N2O4S. The van der Waals surface area contributed by atoms with Gasteiger partial charge in [0.05, 0.1) is 11.0 Å². The summed E-state index contributed by atoms with van der Waals surface area (Å²) in [6.45, 7) is 4.35. The van der Waals surface area contributed by atoms with Crippen molar-refractivity contribution in [2.75, 3.05) is 26.2 Å². The molecule has 1 amide bonds. The lowest BCUT2D eigenvalue weighted by atomic mass is 10.0. The normalized spacial score (nSPS) is 25.0. The van der Waals surface area contributed by atoms with E-state index in [4.69, 9.17) is 4.74 Å². The number of nitrogens with zero attached hydrogens (tertiary/aromatic N) is 1. The molecule has 1 aromatic carbocycles. The van der Waals surface area contributed by atoms with Gasteiger partial charge in [0, 0.05) is 31.8 Å². The molecule has 1 N–H and O–H groups in total. The van der Waals surface area contributed by atoms with Crippen molar-refractivity contribution in [3.63, 3.8) is 0 Å². The number of rotatable bonds is 5. The smallest absolute Gasteiger partial charge is 0.251 e. The van der Waals surface area contributed by atoms with Crippen LogP contribution in [0.3, 0.4) is 0 Å². The number of amides is 1. The van der Waals surface area contributed by atoms with Crippen LogP contribution in [-0.2, 0) is 14.8 Å². The van der Waals surface area contributed by atoms with Gasteiger partial charge in [0.25, 0.3) is 5.91 Å². The van der Waals surface area contributed by atoms with Crippen LogP contribution in [0.4, 0.5) is 0 Å². The molecule has 7 heteroatoms. The van der Waals surface area contributed by atoms with Crippen molar-refractivity contribution >= 4 is 15.9 Å². The molecule has 2 atom stereocenters. The highest BCUT2D eigenvalue weighted by Gasteiger charge is 2.29. The minimum atomic E-state index is -3.55. The van der Waals surface area contributed by atoms with Gasteiger partial charge in [0.2, 0.25) is 10.0 Å². The van der Waals surface area contributed by atoms with Crippen LogP contribution in [0.1, 0.15) is 43.0 Å². The van der Waals surface area contributed by atoms with Crippen LogP contribution >= 0.6 is 0 Å². The largest absolute Gasteiger partial charge is 0.376 e. The molecule has 0 spiro atoms. The second-order valence-corrected chi connectivity index (χ2v) is 8.92. The topological polar surface area (TPSA) is 75.7 Å². The zero-order valence-corrected chi connectivity index (χ0v) is 15.4. The van der Waals surface area contributed by atoms with E-state index in [1.807, 2.05) is 0 Å². The summed E-state index contributed by atoms with van der Waals surface area (Å²) < 4.78 is 32.7. The molecule has 0 radical (unpaired) electrons. The van der Waals surface area contributed by atoms with Gasteiger partial charge in [-0.25, -0.2) is 8.42 Å². The van der Waals surface area contributed by atoms with Crippen molar-refractivity contribution < 1.29 is 17.9 Å². The predicted molar refractivity (Wildman–Crippen MR) is 94.9 cm³/mol. The van der Waals surface area contributed by atoms with Crippen LogP contribution < -0.4 is 5.32 Å². The number of hydrogen-bond acceptors (Lipinski definition) is 4. The van der Waals surface area contributed by atoms with E-state index in [0.717, 1.165) is 32.3 Å². The monoisotopic (exact) mass is 366 g/mol. The average Bonchev–Trinajstić information content (AvgIpc) is 3.13. The van der Waals surface area contributed by atoms with Crippen LogP contribution in [0.5, 0.6) is 0 Å². The number of benzene rings is 1. The summed E-state index contributed by atoms with van der Waals surface area (Å²) in [6.07, 6.45) is 3.95. The van der Waals surface area contributed by atoms with E-state index in [0.29, 0.717) is 31.1 Å². The van der Waals surface area contributed by atoms with E-state index in [2.05, 4.69) is 12.2 Å². The molecule has 0 bridgehead atoms. The molecule has 2 aliphatic rings. The Morgan fingerprint density at radius 1 is 1.32 bits per heavy atom. The first kappa shape index (κ1) is 18.4. The number of hydrogen-bond donors (Lipinski definition) is 1. The van der Waals surface area contributed by atoms with E-state index in [-0.39, 0.29) is 16.9 Å². The van der Waals surface area contributed by atoms with Gasteiger partial charge >= 0.3 is 0 Å². The Labute approximate surface area is 149 Å². The van der Waals surface area contributed by atoms with Gasteiger partial charge < -0.3 is 10.1 Å². The van der Waals surface area contributed by atoms with Crippen LogP contribution in [0.2, 0.25) is 0 Å². The molecule has 0 saturated carbocycles. The van der Waals surface area contributed by atoms with E-state index in [9.17, 15) is 13.2 Å².